The molecular weight excluding hydrogens is 328 g/mol. The zero-order valence-electron chi connectivity index (χ0n) is 15.0. The number of carbonyl (C=O) groups is 1. The second-order valence-electron chi connectivity index (χ2n) is 9.46. The number of Topliss-reactive ketones (excluding diaryl/α,β-unsaturated/α-hetero) is 1. The van der Waals surface area contributed by atoms with Crippen LogP contribution in [0.3, 0.4) is 0 Å². The van der Waals surface area contributed by atoms with E-state index in [-0.39, 0.29) is 22.7 Å². The number of piperidine rings is 1. The van der Waals surface area contributed by atoms with Crippen molar-refractivity contribution in [3.8, 4) is 5.75 Å². The molecule has 1 aromatic carbocycles. The van der Waals surface area contributed by atoms with Crippen molar-refractivity contribution in [1.29, 1.82) is 0 Å². The molecule has 0 aromatic heterocycles. The van der Waals surface area contributed by atoms with Crippen molar-refractivity contribution in [3.63, 3.8) is 0 Å². The Kier molecular flexibility index (Phi) is 2.21. The van der Waals surface area contributed by atoms with Gasteiger partial charge >= 0.3 is 0 Å². The molecule has 3 spiro atoms. The number of aliphatic hydroxyl groups is 1. The van der Waals surface area contributed by atoms with Crippen LogP contribution in [-0.2, 0) is 10.2 Å². The Labute approximate surface area is 152 Å². The Bertz CT molecular complexity index is 886. The molecule has 3 aliphatic heterocycles. The smallest absolute Gasteiger partial charge is 0.144 e. The van der Waals surface area contributed by atoms with Gasteiger partial charge in [-0.2, -0.15) is 0 Å². The number of hydrogen-bond donors (Lipinski definition) is 2. The van der Waals surface area contributed by atoms with E-state index in [2.05, 4.69) is 22.3 Å². The fourth-order valence-electron chi connectivity index (χ4n) is 8.86. The maximum absolute atomic E-state index is 13.6. The van der Waals surface area contributed by atoms with Crippen molar-refractivity contribution < 1.29 is 14.6 Å². The molecule has 5 nitrogen and oxygen atoms in total. The lowest BCUT2D eigenvalue weighted by Gasteiger charge is -2.74. The summed E-state index contributed by atoms with van der Waals surface area (Å²) < 4.78 is 5.67. The van der Waals surface area contributed by atoms with Crippen LogP contribution in [0.1, 0.15) is 31.2 Å². The summed E-state index contributed by atoms with van der Waals surface area (Å²) in [5, 5.41) is 15.4. The molecule has 5 heteroatoms. The van der Waals surface area contributed by atoms with E-state index in [9.17, 15) is 9.90 Å². The van der Waals surface area contributed by atoms with E-state index in [0.717, 1.165) is 50.2 Å². The van der Waals surface area contributed by atoms with Gasteiger partial charge < -0.3 is 15.2 Å². The standard InChI is InChI=1S/C21H24N2O3/c1-26-13-5-2-4-11-15(13)22-20-8-7-19-6-3-9-23-10-12(21(11,20)18(19)23)16(24)14(19)17(20)25/h2,4-5,12,14,17-18,22,25H,3,6-10H2,1H3/t12-,14+,17-,18+,19-,20-,21+/m1/s1. The van der Waals surface area contributed by atoms with Gasteiger partial charge in [0.15, 0.2) is 0 Å². The van der Waals surface area contributed by atoms with Gasteiger partial charge in [0.25, 0.3) is 0 Å². The summed E-state index contributed by atoms with van der Waals surface area (Å²) in [7, 11) is 1.70. The molecule has 1 aromatic rings. The zero-order valence-corrected chi connectivity index (χ0v) is 15.0. The normalized spacial score (nSPS) is 52.0. The van der Waals surface area contributed by atoms with E-state index in [1.807, 2.05) is 6.07 Å². The van der Waals surface area contributed by atoms with Crippen LogP contribution < -0.4 is 10.1 Å². The molecule has 0 unspecified atom stereocenters. The molecule has 26 heavy (non-hydrogen) atoms. The van der Waals surface area contributed by atoms with E-state index in [4.69, 9.17) is 4.74 Å². The summed E-state index contributed by atoms with van der Waals surface area (Å²) in [5.41, 5.74) is 1.52. The number of para-hydroxylation sites is 1. The Balaban J connectivity index is 1.62. The first-order valence-corrected chi connectivity index (χ1v) is 10.0. The molecule has 9 rings (SSSR count). The third kappa shape index (κ3) is 1.06. The van der Waals surface area contributed by atoms with Crippen LogP contribution in [0.4, 0.5) is 5.69 Å². The van der Waals surface area contributed by atoms with Gasteiger partial charge in [-0.1, -0.05) is 12.1 Å². The lowest BCUT2D eigenvalue weighted by molar-refractivity contribution is -0.225. The number of ether oxygens (including phenoxy) is 1. The average Bonchev–Trinajstić information content (AvgIpc) is 3.15. The van der Waals surface area contributed by atoms with Gasteiger partial charge in [-0.15, -0.1) is 0 Å². The summed E-state index contributed by atoms with van der Waals surface area (Å²) in [6.45, 7) is 1.96. The van der Waals surface area contributed by atoms with Crippen LogP contribution in [0.15, 0.2) is 18.2 Å². The summed E-state index contributed by atoms with van der Waals surface area (Å²) in [5.74, 6) is 0.995. The number of carbonyl (C=O) groups excluding carboxylic acids is 1. The highest BCUT2D eigenvalue weighted by molar-refractivity contribution is 5.95. The fraction of sp³-hybridized carbons (Fsp3) is 0.667. The molecule has 5 aliphatic carbocycles. The molecule has 5 saturated carbocycles. The Morgan fingerprint density at radius 1 is 1.31 bits per heavy atom. The summed E-state index contributed by atoms with van der Waals surface area (Å²) in [6.07, 6.45) is 3.66. The number of ketones is 1. The van der Waals surface area contributed by atoms with Crippen molar-refractivity contribution in [3.05, 3.63) is 23.8 Å². The summed E-state index contributed by atoms with van der Waals surface area (Å²) >= 11 is 0. The minimum atomic E-state index is -0.591. The van der Waals surface area contributed by atoms with Crippen LogP contribution in [-0.4, -0.2) is 53.7 Å². The van der Waals surface area contributed by atoms with Crippen molar-refractivity contribution in [2.75, 3.05) is 25.5 Å². The SMILES string of the molecule is COc1cccc2c1N[C@]13CC[C@]45CCCN6C[C@H](C(=O)[C@H]4[C@H]1O)[C@]23[C@@H]65. The number of rotatable bonds is 1. The number of methoxy groups -OCH3 is 1. The summed E-state index contributed by atoms with van der Waals surface area (Å²) in [6, 6.07) is 6.62. The van der Waals surface area contributed by atoms with Gasteiger partial charge in [0.1, 0.15) is 11.5 Å². The minimum Gasteiger partial charge on any atom is -0.495 e. The zero-order chi connectivity index (χ0) is 17.5. The Hall–Kier alpha value is -1.59. The molecule has 0 radical (unpaired) electrons. The van der Waals surface area contributed by atoms with E-state index >= 15 is 0 Å². The molecular formula is C21H24N2O3. The van der Waals surface area contributed by atoms with Crippen LogP contribution in [0.5, 0.6) is 5.75 Å². The van der Waals surface area contributed by atoms with Gasteiger partial charge in [-0.25, -0.2) is 0 Å². The first-order valence-electron chi connectivity index (χ1n) is 10.0. The highest BCUT2D eigenvalue weighted by Crippen LogP contribution is 2.79. The molecule has 2 N–H and O–H groups in total. The molecule has 7 atom stereocenters. The van der Waals surface area contributed by atoms with Crippen LogP contribution in [0, 0.1) is 17.3 Å². The predicted molar refractivity (Wildman–Crippen MR) is 95.3 cm³/mol. The van der Waals surface area contributed by atoms with Crippen molar-refractivity contribution in [1.82, 2.24) is 4.90 Å². The molecule has 8 aliphatic rings. The van der Waals surface area contributed by atoms with Gasteiger partial charge in [0.2, 0.25) is 0 Å². The largest absolute Gasteiger partial charge is 0.495 e. The molecule has 6 bridgehead atoms. The third-order valence-corrected chi connectivity index (χ3v) is 9.25. The molecule has 2 saturated heterocycles. The second-order valence-corrected chi connectivity index (χ2v) is 9.46. The van der Waals surface area contributed by atoms with Crippen LogP contribution >= 0.6 is 0 Å². The molecule has 136 valence electrons. The monoisotopic (exact) mass is 352 g/mol. The second kappa shape index (κ2) is 3.97. The average molecular weight is 352 g/mol. The van der Waals surface area contributed by atoms with E-state index < -0.39 is 11.6 Å². The van der Waals surface area contributed by atoms with Gasteiger partial charge in [0.05, 0.1) is 35.8 Å². The van der Waals surface area contributed by atoms with Gasteiger partial charge in [-0.3, -0.25) is 9.69 Å². The maximum Gasteiger partial charge on any atom is 0.144 e. The van der Waals surface area contributed by atoms with Crippen molar-refractivity contribution in [2.45, 2.75) is 48.8 Å². The number of hydrogen-bond acceptors (Lipinski definition) is 5. The van der Waals surface area contributed by atoms with Crippen molar-refractivity contribution in [2.24, 2.45) is 17.3 Å². The number of nitrogens with one attached hydrogen (secondary N) is 1. The molecule has 0 amide bonds. The quantitative estimate of drug-likeness (QED) is 0.803. The molecule has 7 fully saturated rings. The Morgan fingerprint density at radius 3 is 3.04 bits per heavy atom. The topological polar surface area (TPSA) is 61.8 Å². The highest BCUT2D eigenvalue weighted by Gasteiger charge is 2.88. The van der Waals surface area contributed by atoms with Crippen LogP contribution in [0.25, 0.3) is 0 Å². The predicted octanol–water partition coefficient (Wildman–Crippen LogP) is 1.55. The minimum absolute atomic E-state index is 0.00767. The molecule has 3 heterocycles. The van der Waals surface area contributed by atoms with Crippen molar-refractivity contribution >= 4 is 11.5 Å². The first kappa shape index (κ1) is 14.5. The highest BCUT2D eigenvalue weighted by atomic mass is 16.5. The number of nitrogens with zero attached hydrogens (tertiary/aromatic N) is 1. The third-order valence-electron chi connectivity index (χ3n) is 9.25. The van der Waals surface area contributed by atoms with E-state index in [0.29, 0.717) is 11.8 Å². The van der Waals surface area contributed by atoms with Gasteiger partial charge in [0, 0.05) is 18.5 Å². The summed E-state index contributed by atoms with van der Waals surface area (Å²) in [4.78, 5) is 16.2. The van der Waals surface area contributed by atoms with Gasteiger partial charge in [-0.05, 0) is 49.3 Å². The number of anilines is 1. The fourth-order valence-corrected chi connectivity index (χ4v) is 8.86. The lowest BCUT2D eigenvalue weighted by Crippen LogP contribution is -2.86. The van der Waals surface area contributed by atoms with Crippen LogP contribution in [0.2, 0.25) is 0 Å². The number of fused-ring (bicyclic) bond motifs is 2. The lowest BCUT2D eigenvalue weighted by atomic mass is 9.31. The Morgan fingerprint density at radius 2 is 2.19 bits per heavy atom. The maximum atomic E-state index is 13.6. The first-order chi connectivity index (χ1) is 12.6. The number of aliphatic hydroxyl groups excluding tert-OH is 1. The van der Waals surface area contributed by atoms with E-state index in [1.165, 1.54) is 5.56 Å². The number of benzene rings is 1. The van der Waals surface area contributed by atoms with E-state index in [1.54, 1.807) is 7.11 Å².